The lowest BCUT2D eigenvalue weighted by atomic mass is 10.1. The SMILES string of the molecule is Cc1cccc(-c2nsc(NN)n2)c1. The third-order valence-electron chi connectivity index (χ3n) is 1.83. The first-order chi connectivity index (χ1) is 6.79. The van der Waals surface area contributed by atoms with Gasteiger partial charge in [0.15, 0.2) is 5.82 Å². The molecule has 72 valence electrons. The highest BCUT2D eigenvalue weighted by atomic mass is 32.1. The molecule has 0 unspecified atom stereocenters. The summed E-state index contributed by atoms with van der Waals surface area (Å²) in [4.78, 5) is 4.21. The predicted octanol–water partition coefficient (Wildman–Crippen LogP) is 1.80. The van der Waals surface area contributed by atoms with Crippen LogP contribution in [-0.2, 0) is 0 Å². The molecule has 14 heavy (non-hydrogen) atoms. The molecular formula is C9H10N4S. The van der Waals surface area contributed by atoms with Crippen LogP contribution >= 0.6 is 11.5 Å². The summed E-state index contributed by atoms with van der Waals surface area (Å²) in [5.74, 6) is 5.94. The summed E-state index contributed by atoms with van der Waals surface area (Å²) in [6.07, 6.45) is 0. The Hall–Kier alpha value is -1.46. The molecule has 0 amide bonds. The quantitative estimate of drug-likeness (QED) is 0.581. The lowest BCUT2D eigenvalue weighted by molar-refractivity contribution is 1.26. The van der Waals surface area contributed by atoms with E-state index in [0.717, 1.165) is 5.56 Å². The van der Waals surface area contributed by atoms with Crippen LogP contribution in [0.4, 0.5) is 5.13 Å². The van der Waals surface area contributed by atoms with Gasteiger partial charge < -0.3 is 0 Å². The number of aromatic nitrogens is 2. The van der Waals surface area contributed by atoms with Gasteiger partial charge in [0.1, 0.15) is 0 Å². The largest absolute Gasteiger partial charge is 0.299 e. The minimum absolute atomic E-state index is 0.626. The van der Waals surface area contributed by atoms with E-state index in [-0.39, 0.29) is 0 Å². The molecule has 0 aliphatic carbocycles. The molecule has 1 heterocycles. The maximum Gasteiger partial charge on any atom is 0.217 e. The number of aryl methyl sites for hydroxylation is 1. The van der Waals surface area contributed by atoms with Crippen molar-refractivity contribution in [2.45, 2.75) is 6.92 Å². The molecule has 4 nitrogen and oxygen atoms in total. The third kappa shape index (κ3) is 1.73. The zero-order valence-corrected chi connectivity index (χ0v) is 8.51. The fraction of sp³-hybridized carbons (Fsp3) is 0.111. The molecule has 0 saturated carbocycles. The molecule has 0 bridgehead atoms. The predicted molar refractivity (Wildman–Crippen MR) is 57.9 cm³/mol. The second-order valence-corrected chi connectivity index (χ2v) is 3.69. The van der Waals surface area contributed by atoms with Crippen LogP contribution in [0.15, 0.2) is 24.3 Å². The Balaban J connectivity index is 2.39. The molecule has 2 rings (SSSR count). The Morgan fingerprint density at radius 1 is 1.43 bits per heavy atom. The minimum Gasteiger partial charge on any atom is -0.299 e. The van der Waals surface area contributed by atoms with Gasteiger partial charge >= 0.3 is 0 Å². The lowest BCUT2D eigenvalue weighted by Gasteiger charge is -1.96. The maximum absolute atomic E-state index is 5.23. The second kappa shape index (κ2) is 3.73. The molecule has 0 spiro atoms. The molecule has 0 atom stereocenters. The normalized spacial score (nSPS) is 10.1. The van der Waals surface area contributed by atoms with Crippen LogP contribution in [-0.4, -0.2) is 9.36 Å². The van der Waals surface area contributed by atoms with Crippen LogP contribution in [0.5, 0.6) is 0 Å². The van der Waals surface area contributed by atoms with Crippen molar-refractivity contribution in [3.8, 4) is 11.4 Å². The van der Waals surface area contributed by atoms with E-state index in [9.17, 15) is 0 Å². The first-order valence-corrected chi connectivity index (χ1v) is 4.94. The summed E-state index contributed by atoms with van der Waals surface area (Å²) in [5, 5.41) is 0.626. The molecule has 2 aromatic rings. The van der Waals surface area contributed by atoms with E-state index >= 15 is 0 Å². The molecule has 0 saturated heterocycles. The average Bonchev–Trinajstić information content (AvgIpc) is 2.66. The number of benzene rings is 1. The zero-order valence-electron chi connectivity index (χ0n) is 7.69. The number of nitrogens with zero attached hydrogens (tertiary/aromatic N) is 2. The summed E-state index contributed by atoms with van der Waals surface area (Å²) < 4.78 is 4.19. The minimum atomic E-state index is 0.626. The van der Waals surface area contributed by atoms with E-state index in [0.29, 0.717) is 11.0 Å². The topological polar surface area (TPSA) is 63.8 Å². The first-order valence-electron chi connectivity index (χ1n) is 4.17. The monoisotopic (exact) mass is 206 g/mol. The van der Waals surface area contributed by atoms with Crippen molar-refractivity contribution in [3.05, 3.63) is 29.8 Å². The van der Waals surface area contributed by atoms with E-state index in [4.69, 9.17) is 5.84 Å². The van der Waals surface area contributed by atoms with Gasteiger partial charge in [-0.3, -0.25) is 5.43 Å². The lowest BCUT2D eigenvalue weighted by Crippen LogP contribution is -2.05. The fourth-order valence-electron chi connectivity index (χ4n) is 1.18. The molecular weight excluding hydrogens is 196 g/mol. The van der Waals surface area contributed by atoms with Crippen molar-refractivity contribution >= 4 is 16.7 Å². The summed E-state index contributed by atoms with van der Waals surface area (Å²) >= 11 is 1.25. The smallest absolute Gasteiger partial charge is 0.217 e. The van der Waals surface area contributed by atoms with E-state index in [1.165, 1.54) is 17.1 Å². The van der Waals surface area contributed by atoms with Crippen molar-refractivity contribution in [2.24, 2.45) is 5.84 Å². The third-order valence-corrected chi connectivity index (χ3v) is 2.47. The number of hydrazine groups is 1. The van der Waals surface area contributed by atoms with Crippen LogP contribution in [0, 0.1) is 6.92 Å². The molecule has 0 aliphatic heterocycles. The number of anilines is 1. The Morgan fingerprint density at radius 3 is 2.93 bits per heavy atom. The van der Waals surface area contributed by atoms with Crippen molar-refractivity contribution < 1.29 is 0 Å². The molecule has 5 heteroatoms. The van der Waals surface area contributed by atoms with Crippen LogP contribution in [0.2, 0.25) is 0 Å². The van der Waals surface area contributed by atoms with E-state index < -0.39 is 0 Å². The standard InChI is InChI=1S/C9H10N4S/c1-6-3-2-4-7(5-6)8-11-9(12-10)14-13-8/h2-5H,10H2,1H3,(H,11,12,13). The van der Waals surface area contributed by atoms with Gasteiger partial charge in [-0.25, -0.2) is 5.84 Å². The maximum atomic E-state index is 5.23. The highest BCUT2D eigenvalue weighted by molar-refractivity contribution is 7.09. The Bertz CT molecular complexity index is 438. The van der Waals surface area contributed by atoms with Crippen molar-refractivity contribution in [1.82, 2.24) is 9.36 Å². The van der Waals surface area contributed by atoms with Gasteiger partial charge in [-0.1, -0.05) is 23.8 Å². The van der Waals surface area contributed by atoms with Crippen molar-refractivity contribution in [2.75, 3.05) is 5.43 Å². The number of nitrogen functional groups attached to an aromatic ring is 1. The van der Waals surface area contributed by atoms with E-state index in [2.05, 4.69) is 14.8 Å². The molecule has 1 aromatic carbocycles. The molecule has 0 radical (unpaired) electrons. The van der Waals surface area contributed by atoms with Gasteiger partial charge in [0.05, 0.1) is 0 Å². The Morgan fingerprint density at radius 2 is 2.29 bits per heavy atom. The van der Waals surface area contributed by atoms with Crippen molar-refractivity contribution in [1.29, 1.82) is 0 Å². The summed E-state index contributed by atoms with van der Waals surface area (Å²) in [6, 6.07) is 8.05. The zero-order chi connectivity index (χ0) is 9.97. The highest BCUT2D eigenvalue weighted by Crippen LogP contribution is 2.20. The van der Waals surface area contributed by atoms with E-state index in [1.807, 2.05) is 31.2 Å². The number of hydrogen-bond donors (Lipinski definition) is 2. The van der Waals surface area contributed by atoms with Gasteiger partial charge in [-0.2, -0.15) is 9.36 Å². The fourth-order valence-corrected chi connectivity index (χ4v) is 1.68. The number of hydrogen-bond acceptors (Lipinski definition) is 5. The molecule has 3 N–H and O–H groups in total. The van der Waals surface area contributed by atoms with Gasteiger partial charge in [0.25, 0.3) is 0 Å². The number of rotatable bonds is 2. The Kier molecular flexibility index (Phi) is 2.43. The second-order valence-electron chi connectivity index (χ2n) is 2.94. The van der Waals surface area contributed by atoms with Crippen LogP contribution in [0.25, 0.3) is 11.4 Å². The van der Waals surface area contributed by atoms with Crippen molar-refractivity contribution in [3.63, 3.8) is 0 Å². The van der Waals surface area contributed by atoms with Gasteiger partial charge in [-0.05, 0) is 13.0 Å². The summed E-state index contributed by atoms with van der Waals surface area (Å²) in [6.45, 7) is 2.04. The van der Waals surface area contributed by atoms with Gasteiger partial charge in [0, 0.05) is 17.1 Å². The molecule has 1 aromatic heterocycles. The number of nitrogens with one attached hydrogen (secondary N) is 1. The van der Waals surface area contributed by atoms with Crippen LogP contribution in [0.1, 0.15) is 5.56 Å². The van der Waals surface area contributed by atoms with Crippen LogP contribution < -0.4 is 11.3 Å². The first kappa shape index (κ1) is 9.11. The Labute approximate surface area is 85.9 Å². The van der Waals surface area contributed by atoms with Crippen LogP contribution in [0.3, 0.4) is 0 Å². The summed E-state index contributed by atoms with van der Waals surface area (Å²) in [5.41, 5.74) is 4.69. The van der Waals surface area contributed by atoms with Gasteiger partial charge in [-0.15, -0.1) is 0 Å². The van der Waals surface area contributed by atoms with Gasteiger partial charge in [0.2, 0.25) is 5.13 Å². The van der Waals surface area contributed by atoms with E-state index in [1.54, 1.807) is 0 Å². The summed E-state index contributed by atoms with van der Waals surface area (Å²) in [7, 11) is 0. The highest BCUT2D eigenvalue weighted by Gasteiger charge is 2.04. The molecule has 0 aliphatic rings. The number of nitrogens with two attached hydrogens (primary N) is 1. The molecule has 0 fully saturated rings. The average molecular weight is 206 g/mol.